The van der Waals surface area contributed by atoms with Crippen molar-refractivity contribution in [3.63, 3.8) is 0 Å². The molecule has 204 valence electrons. The van der Waals surface area contributed by atoms with Crippen LogP contribution in [0.25, 0.3) is 11.1 Å². The van der Waals surface area contributed by atoms with Crippen LogP contribution < -0.4 is 5.32 Å². The number of fused-ring (bicyclic) bond motifs is 3. The number of hydrogen-bond acceptors (Lipinski definition) is 4. The van der Waals surface area contributed by atoms with Crippen LogP contribution in [0.1, 0.15) is 35.4 Å². The van der Waals surface area contributed by atoms with Crippen LogP contribution in [0.3, 0.4) is 0 Å². The minimum Gasteiger partial charge on any atom is -0.481 e. The van der Waals surface area contributed by atoms with Gasteiger partial charge in [-0.15, -0.1) is 0 Å². The van der Waals surface area contributed by atoms with Crippen LogP contribution >= 0.6 is 0 Å². The Balaban J connectivity index is 1.42. The molecule has 0 spiro atoms. The van der Waals surface area contributed by atoms with Crippen molar-refractivity contribution in [2.45, 2.75) is 37.5 Å². The molecular formula is C29H27F3N2O5. The van der Waals surface area contributed by atoms with Gasteiger partial charge in [-0.05, 0) is 27.8 Å². The molecule has 0 aliphatic heterocycles. The van der Waals surface area contributed by atoms with E-state index in [9.17, 15) is 27.6 Å². The van der Waals surface area contributed by atoms with Crippen molar-refractivity contribution >= 4 is 18.0 Å². The Morgan fingerprint density at radius 1 is 0.897 bits per heavy atom. The molecule has 2 N–H and O–H groups in total. The maximum atomic E-state index is 13.8. The Hall–Kier alpha value is -4.34. The van der Waals surface area contributed by atoms with Crippen molar-refractivity contribution in [3.05, 3.63) is 95.6 Å². The number of aliphatic carboxylic acids is 1. The summed E-state index contributed by atoms with van der Waals surface area (Å²) in [5.74, 6) is -2.47. The Kier molecular flexibility index (Phi) is 8.53. The van der Waals surface area contributed by atoms with Crippen LogP contribution in [0.15, 0.2) is 78.9 Å². The fraction of sp³-hybridized carbons (Fsp3) is 0.276. The maximum Gasteiger partial charge on any atom is 0.409 e. The van der Waals surface area contributed by atoms with Gasteiger partial charge in [0.25, 0.3) is 0 Å². The molecule has 4 rings (SSSR count). The molecule has 0 saturated carbocycles. The normalized spacial score (nSPS) is 13.2. The van der Waals surface area contributed by atoms with Gasteiger partial charge in [0.15, 0.2) is 0 Å². The first-order chi connectivity index (χ1) is 18.6. The summed E-state index contributed by atoms with van der Waals surface area (Å²) in [4.78, 5) is 37.5. The number of alkyl carbamates (subject to hydrolysis) is 1. The van der Waals surface area contributed by atoms with E-state index in [2.05, 4.69) is 0 Å². The monoisotopic (exact) mass is 540 g/mol. The summed E-state index contributed by atoms with van der Waals surface area (Å²) in [7, 11) is 0. The third kappa shape index (κ3) is 6.95. The zero-order valence-electron chi connectivity index (χ0n) is 20.9. The largest absolute Gasteiger partial charge is 0.481 e. The molecule has 0 saturated heterocycles. The molecule has 0 aromatic heterocycles. The second kappa shape index (κ2) is 12.0. The molecule has 2 amide bonds. The fourth-order valence-electron chi connectivity index (χ4n) is 4.66. The van der Waals surface area contributed by atoms with Crippen LogP contribution in [0.5, 0.6) is 0 Å². The van der Waals surface area contributed by atoms with Crippen LogP contribution in [0.4, 0.5) is 18.0 Å². The Morgan fingerprint density at radius 3 is 2.03 bits per heavy atom. The summed E-state index contributed by atoms with van der Waals surface area (Å²) < 4.78 is 46.8. The van der Waals surface area contributed by atoms with Crippen molar-refractivity contribution in [1.29, 1.82) is 0 Å². The quantitative estimate of drug-likeness (QED) is 0.362. The number of carbonyl (C=O) groups excluding carboxylic acids is 2. The number of ether oxygens (including phenoxy) is 1. The number of amides is 2. The summed E-state index contributed by atoms with van der Waals surface area (Å²) in [6, 6.07) is 21.1. The Labute approximate surface area is 223 Å². The molecule has 1 aliphatic carbocycles. The SMILES string of the molecule is O=C(O)CCN(Cc1ccccc1)C(=O)CC(NC(=O)OCC1c2ccccc2-c2ccccc21)C(F)(F)F. The number of nitrogens with zero attached hydrogens (tertiary/aromatic N) is 1. The minimum atomic E-state index is -4.94. The lowest BCUT2D eigenvalue weighted by Gasteiger charge is -2.26. The van der Waals surface area contributed by atoms with E-state index < -0.39 is 43.0 Å². The lowest BCUT2D eigenvalue weighted by molar-refractivity contribution is -0.163. The van der Waals surface area contributed by atoms with Gasteiger partial charge < -0.3 is 20.1 Å². The summed E-state index contributed by atoms with van der Waals surface area (Å²) in [5, 5.41) is 10.8. The standard InChI is InChI=1S/C29H27F3N2O5/c30-29(31,32)25(16-26(35)34(15-14-27(36)37)17-19-8-2-1-3-9-19)33-28(38)39-18-24-22-12-6-4-10-20(22)21-11-5-7-13-23(21)24/h1-13,24-25H,14-18H2,(H,33,38)(H,36,37). The molecule has 1 atom stereocenters. The van der Waals surface area contributed by atoms with Gasteiger partial charge in [0.2, 0.25) is 5.91 Å². The van der Waals surface area contributed by atoms with E-state index in [1.54, 1.807) is 35.6 Å². The van der Waals surface area contributed by atoms with Crippen molar-refractivity contribution < 1.29 is 37.4 Å². The van der Waals surface area contributed by atoms with Crippen LogP contribution in [0.2, 0.25) is 0 Å². The van der Waals surface area contributed by atoms with E-state index >= 15 is 0 Å². The number of alkyl halides is 3. The van der Waals surface area contributed by atoms with E-state index in [4.69, 9.17) is 9.84 Å². The first kappa shape index (κ1) is 27.7. The molecule has 7 nitrogen and oxygen atoms in total. The van der Waals surface area contributed by atoms with Gasteiger partial charge >= 0.3 is 18.2 Å². The summed E-state index contributed by atoms with van der Waals surface area (Å²) in [6.45, 7) is -0.530. The summed E-state index contributed by atoms with van der Waals surface area (Å²) in [5.41, 5.74) is 4.39. The highest BCUT2D eigenvalue weighted by molar-refractivity contribution is 5.80. The van der Waals surface area contributed by atoms with Gasteiger partial charge in [-0.1, -0.05) is 78.9 Å². The molecule has 0 bridgehead atoms. The molecule has 3 aromatic carbocycles. The summed E-state index contributed by atoms with van der Waals surface area (Å²) in [6.07, 6.45) is -7.77. The second-order valence-electron chi connectivity index (χ2n) is 9.21. The lowest BCUT2D eigenvalue weighted by Crippen LogP contribution is -2.49. The summed E-state index contributed by atoms with van der Waals surface area (Å²) >= 11 is 0. The van der Waals surface area contributed by atoms with Crippen LogP contribution in [-0.2, 0) is 20.9 Å². The van der Waals surface area contributed by atoms with E-state index in [1.165, 1.54) is 0 Å². The highest BCUT2D eigenvalue weighted by Crippen LogP contribution is 2.44. The molecule has 1 aliphatic rings. The van der Waals surface area contributed by atoms with Gasteiger partial charge in [0.1, 0.15) is 12.6 Å². The number of carboxylic acids is 1. The minimum absolute atomic E-state index is 0.0670. The zero-order valence-corrected chi connectivity index (χ0v) is 20.9. The first-order valence-electron chi connectivity index (χ1n) is 12.3. The highest BCUT2D eigenvalue weighted by atomic mass is 19.4. The second-order valence-corrected chi connectivity index (χ2v) is 9.21. The first-order valence-corrected chi connectivity index (χ1v) is 12.3. The predicted molar refractivity (Wildman–Crippen MR) is 137 cm³/mol. The number of halogens is 3. The average Bonchev–Trinajstić information content (AvgIpc) is 3.23. The van der Waals surface area contributed by atoms with Crippen LogP contribution in [0, 0.1) is 0 Å². The number of rotatable bonds is 10. The predicted octanol–water partition coefficient (Wildman–Crippen LogP) is 5.35. The molecular weight excluding hydrogens is 513 g/mol. The van der Waals surface area contributed by atoms with E-state index in [-0.39, 0.29) is 25.6 Å². The van der Waals surface area contributed by atoms with E-state index in [0.717, 1.165) is 27.2 Å². The Bertz CT molecular complexity index is 1280. The van der Waals surface area contributed by atoms with E-state index in [1.807, 2.05) is 48.5 Å². The third-order valence-electron chi connectivity index (χ3n) is 6.57. The van der Waals surface area contributed by atoms with Gasteiger partial charge in [-0.3, -0.25) is 9.59 Å². The molecule has 0 fully saturated rings. The number of carbonyl (C=O) groups is 3. The third-order valence-corrected chi connectivity index (χ3v) is 6.57. The van der Waals surface area contributed by atoms with E-state index in [0.29, 0.717) is 5.56 Å². The molecule has 1 unspecified atom stereocenters. The number of hydrogen-bond donors (Lipinski definition) is 2. The topological polar surface area (TPSA) is 95.9 Å². The highest BCUT2D eigenvalue weighted by Gasteiger charge is 2.43. The smallest absolute Gasteiger partial charge is 0.409 e. The van der Waals surface area contributed by atoms with Crippen molar-refractivity contribution in [1.82, 2.24) is 10.2 Å². The molecule has 10 heteroatoms. The van der Waals surface area contributed by atoms with Gasteiger partial charge in [0.05, 0.1) is 12.8 Å². The molecule has 0 radical (unpaired) electrons. The van der Waals surface area contributed by atoms with Gasteiger partial charge in [-0.2, -0.15) is 13.2 Å². The number of carboxylic acid groups (broad SMARTS) is 1. The number of nitrogens with one attached hydrogen (secondary N) is 1. The van der Waals surface area contributed by atoms with Gasteiger partial charge in [-0.25, -0.2) is 4.79 Å². The Morgan fingerprint density at radius 2 is 1.46 bits per heavy atom. The molecule has 0 heterocycles. The van der Waals surface area contributed by atoms with Gasteiger partial charge in [0, 0.05) is 19.0 Å². The molecule has 3 aromatic rings. The van der Waals surface area contributed by atoms with Crippen molar-refractivity contribution in [3.8, 4) is 11.1 Å². The molecule has 39 heavy (non-hydrogen) atoms. The van der Waals surface area contributed by atoms with Crippen LogP contribution in [-0.4, -0.2) is 53.3 Å². The lowest BCUT2D eigenvalue weighted by atomic mass is 9.98. The average molecular weight is 541 g/mol. The maximum absolute atomic E-state index is 13.8. The fourth-order valence-corrected chi connectivity index (χ4v) is 4.66. The number of benzene rings is 3. The zero-order chi connectivity index (χ0) is 28.0. The van der Waals surface area contributed by atoms with Crippen molar-refractivity contribution in [2.75, 3.05) is 13.2 Å². The van der Waals surface area contributed by atoms with Crippen molar-refractivity contribution in [2.24, 2.45) is 0 Å².